The number of sulfone groups is 1. The molecule has 59 heavy (non-hydrogen) atoms. The maximum absolute atomic E-state index is 13.3. The van der Waals surface area contributed by atoms with Crippen LogP contribution in [0.4, 0.5) is 11.4 Å². The number of benzene rings is 6. The van der Waals surface area contributed by atoms with Gasteiger partial charge in [0.2, 0.25) is 9.84 Å². The average Bonchev–Trinajstić information content (AvgIpc) is 3.23. The fourth-order valence-corrected chi connectivity index (χ4v) is 6.51. The molecule has 6 rings (SSSR count). The van der Waals surface area contributed by atoms with E-state index in [4.69, 9.17) is 25.7 Å². The number of amides is 2. The molecule has 298 valence electrons. The number of carboxylic acid groups (broad SMARTS) is 2. The van der Waals surface area contributed by atoms with E-state index in [-0.39, 0.29) is 68.1 Å². The van der Waals surface area contributed by atoms with Crippen LogP contribution in [0.1, 0.15) is 41.4 Å². The molecule has 0 atom stereocenters. The Kier molecular flexibility index (Phi) is 14.0. The second-order valence-corrected chi connectivity index (χ2v) is 14.0. The molecule has 5 N–H and O–H groups in total. The maximum Gasteiger partial charge on any atom is 0.336 e. The summed E-state index contributed by atoms with van der Waals surface area (Å²) in [6.07, 6.45) is 6.99. The molecule has 0 aliphatic carbocycles. The van der Waals surface area contributed by atoms with Gasteiger partial charge in [-0.05, 0) is 109 Å². The second-order valence-electron chi connectivity index (χ2n) is 12.1. The van der Waals surface area contributed by atoms with E-state index < -0.39 is 33.6 Å². The Bertz CT molecular complexity index is 2590. The lowest BCUT2D eigenvalue weighted by Crippen LogP contribution is -2.17. The number of aromatic hydroxyl groups is 1. The van der Waals surface area contributed by atoms with Crippen molar-refractivity contribution in [2.75, 3.05) is 23.8 Å². The minimum atomic E-state index is -4.04. The summed E-state index contributed by atoms with van der Waals surface area (Å²) >= 11 is 0. The molecule has 0 fully saturated rings. The first-order valence-electron chi connectivity index (χ1n) is 17.4. The first-order valence-corrected chi connectivity index (χ1v) is 18.8. The van der Waals surface area contributed by atoms with Crippen molar-refractivity contribution >= 4 is 45.0 Å². The molecule has 0 saturated heterocycles. The molecule has 15 heteroatoms. The van der Waals surface area contributed by atoms with Crippen molar-refractivity contribution in [1.29, 1.82) is 0 Å². The lowest BCUT2D eigenvalue weighted by molar-refractivity contribution is 0.0683. The van der Waals surface area contributed by atoms with Gasteiger partial charge in [0.1, 0.15) is 42.3 Å². The number of rotatable bonds is 14. The van der Waals surface area contributed by atoms with Crippen LogP contribution in [0.25, 0.3) is 0 Å². The molecule has 0 radical (unpaired) electrons. The first-order chi connectivity index (χ1) is 28.3. The van der Waals surface area contributed by atoms with Gasteiger partial charge in [0, 0.05) is 11.4 Å². The number of phenolic OH excluding ortho intramolecular Hbond substituents is 1. The van der Waals surface area contributed by atoms with E-state index in [1.807, 2.05) is 30.4 Å². The van der Waals surface area contributed by atoms with Crippen LogP contribution in [-0.4, -0.2) is 60.7 Å². The van der Waals surface area contributed by atoms with Crippen LogP contribution in [0.3, 0.4) is 0 Å². The number of anilines is 2. The molecule has 0 spiro atoms. The number of terminal acetylenes is 1. The van der Waals surface area contributed by atoms with Crippen molar-refractivity contribution < 1.29 is 57.1 Å². The van der Waals surface area contributed by atoms with Gasteiger partial charge in [-0.25, -0.2) is 18.0 Å². The van der Waals surface area contributed by atoms with Crippen molar-refractivity contribution in [3.8, 4) is 35.5 Å². The van der Waals surface area contributed by atoms with Crippen molar-refractivity contribution in [3.05, 3.63) is 168 Å². The van der Waals surface area contributed by atoms with Crippen LogP contribution in [0.2, 0.25) is 0 Å². The third-order valence-corrected chi connectivity index (χ3v) is 9.86. The Morgan fingerprint density at radius 1 is 0.542 bits per heavy atom. The molecule has 0 aliphatic heterocycles. The predicted molar refractivity (Wildman–Crippen MR) is 216 cm³/mol. The highest BCUT2D eigenvalue weighted by atomic mass is 32.2. The minimum Gasteiger partial charge on any atom is -0.508 e. The number of ether oxygens (including phenoxy) is 3. The highest BCUT2D eigenvalue weighted by molar-refractivity contribution is 7.91. The smallest absolute Gasteiger partial charge is 0.336 e. The summed E-state index contributed by atoms with van der Waals surface area (Å²) in [5, 5.41) is 33.0. The molecule has 6 aromatic rings. The summed E-state index contributed by atoms with van der Waals surface area (Å²) in [5.74, 6) is -2.97. The molecule has 14 nitrogen and oxygen atoms in total. The maximum atomic E-state index is 13.3. The Balaban J connectivity index is 0.000000854. The number of carbonyl (C=O) groups is 4. The van der Waals surface area contributed by atoms with Gasteiger partial charge in [0.25, 0.3) is 11.8 Å². The number of carbonyl (C=O) groups excluding carboxylic acids is 2. The molecule has 0 heterocycles. The van der Waals surface area contributed by atoms with Gasteiger partial charge in [-0.3, -0.25) is 9.59 Å². The monoisotopic (exact) mass is 814 g/mol. The summed E-state index contributed by atoms with van der Waals surface area (Å²) in [6, 6.07) is 35.9. The van der Waals surface area contributed by atoms with Gasteiger partial charge in [-0.2, -0.15) is 0 Å². The van der Waals surface area contributed by atoms with E-state index in [0.717, 1.165) is 6.07 Å². The summed E-state index contributed by atoms with van der Waals surface area (Å²) < 4.78 is 42.6. The van der Waals surface area contributed by atoms with E-state index >= 15 is 0 Å². The van der Waals surface area contributed by atoms with E-state index in [1.165, 1.54) is 78.9 Å². The van der Waals surface area contributed by atoms with Crippen LogP contribution in [0.15, 0.2) is 155 Å². The largest absolute Gasteiger partial charge is 0.508 e. The van der Waals surface area contributed by atoms with Crippen molar-refractivity contribution in [3.63, 3.8) is 0 Å². The predicted octanol–water partition coefficient (Wildman–Crippen LogP) is 7.24. The number of carboxylic acids is 2. The van der Waals surface area contributed by atoms with Gasteiger partial charge in [-0.15, -0.1) is 0 Å². The second kappa shape index (κ2) is 19.7. The summed E-state index contributed by atoms with van der Waals surface area (Å²) in [7, 11) is -4.04. The fraction of sp³-hybridized carbons (Fsp3) is 0.0455. The van der Waals surface area contributed by atoms with Gasteiger partial charge in [-0.1, -0.05) is 42.8 Å². The van der Waals surface area contributed by atoms with Gasteiger partial charge in [0.15, 0.2) is 0 Å². The SMILES string of the molecule is C#COc1ccc(C(=O)Nc2ccc(S(=O)(=O)c3ccc(NC(=O)c4ccc(OCCOc5ccccc5)cc4C(=O)O)cc3)cc2)c(C(=O)O)c1.Oc1ccccc1. The van der Waals surface area contributed by atoms with Crippen LogP contribution < -0.4 is 24.8 Å². The first kappa shape index (κ1) is 42.1. The lowest BCUT2D eigenvalue weighted by Gasteiger charge is -2.12. The van der Waals surface area contributed by atoms with Crippen molar-refractivity contribution in [2.24, 2.45) is 0 Å². The third kappa shape index (κ3) is 11.5. The number of para-hydroxylation sites is 2. The van der Waals surface area contributed by atoms with E-state index in [2.05, 4.69) is 10.6 Å². The van der Waals surface area contributed by atoms with Gasteiger partial charge < -0.3 is 40.2 Å². The van der Waals surface area contributed by atoms with Crippen molar-refractivity contribution in [2.45, 2.75) is 9.79 Å². The molecule has 2 amide bonds. The van der Waals surface area contributed by atoms with Crippen LogP contribution in [-0.2, 0) is 9.84 Å². The molecule has 0 aliphatic rings. The normalized spacial score (nSPS) is 10.4. The zero-order chi connectivity index (χ0) is 42.4. The molecule has 0 saturated carbocycles. The zero-order valence-electron chi connectivity index (χ0n) is 30.8. The van der Waals surface area contributed by atoms with Crippen LogP contribution in [0.5, 0.6) is 23.0 Å². The number of hydrogen-bond acceptors (Lipinski definition) is 10. The Morgan fingerprint density at radius 2 is 0.966 bits per heavy atom. The number of hydrogen-bond donors (Lipinski definition) is 5. The minimum absolute atomic E-state index is 0.0619. The number of phenols is 1. The van der Waals surface area contributed by atoms with E-state index in [0.29, 0.717) is 11.5 Å². The van der Waals surface area contributed by atoms with Crippen LogP contribution in [0, 0.1) is 12.5 Å². The lowest BCUT2D eigenvalue weighted by atomic mass is 10.1. The number of aromatic carboxylic acids is 2. The Labute approximate surface area is 338 Å². The van der Waals surface area contributed by atoms with Gasteiger partial charge >= 0.3 is 11.9 Å². The summed E-state index contributed by atoms with van der Waals surface area (Å²) in [5.41, 5.74) is -0.565. The third-order valence-electron chi connectivity index (χ3n) is 8.07. The molecular weight excluding hydrogens is 781 g/mol. The molecule has 0 bridgehead atoms. The molecule has 0 unspecified atom stereocenters. The highest BCUT2D eigenvalue weighted by Gasteiger charge is 2.22. The van der Waals surface area contributed by atoms with E-state index in [9.17, 15) is 37.8 Å². The van der Waals surface area contributed by atoms with Gasteiger partial charge in [0.05, 0.1) is 32.0 Å². The Morgan fingerprint density at radius 3 is 1.39 bits per heavy atom. The fourth-order valence-electron chi connectivity index (χ4n) is 5.25. The molecule has 0 aromatic heterocycles. The molecular formula is C44H34N2O12S. The topological polar surface area (TPSA) is 215 Å². The Hall–Kier alpha value is -8.09. The zero-order valence-corrected chi connectivity index (χ0v) is 31.6. The molecule has 6 aromatic carbocycles. The standard InChI is InChI=1S/C38H28N2O11S.C6H6O/c1-2-49-27-12-18-31(33(22-27)37(43)44)35(41)39-24-8-14-29(15-9-24)52(47,48)30-16-10-25(11-17-30)40-36(42)32-19-13-28(23-34(32)38(45)46)51-21-20-50-26-6-4-3-5-7-26;7-6-4-2-1-3-5-6/h1,3-19,22-23H,20-21H2,(H,39,41)(H,40,42)(H,43,44)(H,45,46);1-5,7H. The highest BCUT2D eigenvalue weighted by Crippen LogP contribution is 2.26. The summed E-state index contributed by atoms with van der Waals surface area (Å²) in [4.78, 5) is 49.3. The van der Waals surface area contributed by atoms with Crippen molar-refractivity contribution in [1.82, 2.24) is 0 Å². The quantitative estimate of drug-likeness (QED) is 0.0544. The van der Waals surface area contributed by atoms with Crippen LogP contribution >= 0.6 is 0 Å². The summed E-state index contributed by atoms with van der Waals surface area (Å²) in [6.45, 7) is 0.340. The number of nitrogens with one attached hydrogen (secondary N) is 2. The average molecular weight is 815 g/mol. The van der Waals surface area contributed by atoms with E-state index in [1.54, 1.807) is 36.4 Å².